The molecule has 126 valence electrons. The van der Waals surface area contributed by atoms with Gasteiger partial charge in [-0.1, -0.05) is 24.3 Å². The van der Waals surface area contributed by atoms with E-state index < -0.39 is 27.8 Å². The molecule has 7 nitrogen and oxygen atoms in total. The SMILES string of the molecule is Cn1cc(S(=O)(=O)NC(=O)C2CCc3ccccc32)cc1C(N)=O. The first-order valence-corrected chi connectivity index (χ1v) is 8.88. The minimum atomic E-state index is -4.06. The lowest BCUT2D eigenvalue weighted by molar-refractivity contribution is -0.120. The number of primary amides is 1. The Balaban J connectivity index is 1.84. The molecule has 1 aliphatic carbocycles. The fourth-order valence-electron chi connectivity index (χ4n) is 3.02. The highest BCUT2D eigenvalue weighted by molar-refractivity contribution is 7.90. The summed E-state index contributed by atoms with van der Waals surface area (Å²) in [6, 6.07) is 8.65. The Morgan fingerprint density at radius 1 is 1.29 bits per heavy atom. The third-order valence-corrected chi connectivity index (χ3v) is 5.54. The van der Waals surface area contributed by atoms with Crippen molar-refractivity contribution in [2.75, 3.05) is 0 Å². The average Bonchev–Trinajstić information content (AvgIpc) is 3.10. The number of amides is 2. The van der Waals surface area contributed by atoms with Gasteiger partial charge in [0.05, 0.1) is 5.92 Å². The Morgan fingerprint density at radius 3 is 2.67 bits per heavy atom. The molecule has 0 aliphatic heterocycles. The molecule has 3 rings (SSSR count). The number of carbonyl (C=O) groups is 2. The summed E-state index contributed by atoms with van der Waals surface area (Å²) in [5.74, 6) is -1.80. The first kappa shape index (κ1) is 16.3. The third kappa shape index (κ3) is 2.80. The molecule has 1 unspecified atom stereocenters. The molecule has 0 spiro atoms. The van der Waals surface area contributed by atoms with E-state index in [2.05, 4.69) is 4.72 Å². The first-order chi connectivity index (χ1) is 11.3. The monoisotopic (exact) mass is 347 g/mol. The van der Waals surface area contributed by atoms with Gasteiger partial charge in [0, 0.05) is 13.2 Å². The van der Waals surface area contributed by atoms with Crippen molar-refractivity contribution in [2.45, 2.75) is 23.7 Å². The molecule has 1 atom stereocenters. The van der Waals surface area contributed by atoms with E-state index in [0.717, 1.165) is 23.6 Å². The molecule has 1 heterocycles. The lowest BCUT2D eigenvalue weighted by atomic mass is 10.0. The summed E-state index contributed by atoms with van der Waals surface area (Å²) in [6.45, 7) is 0. The number of aryl methyl sites for hydroxylation is 2. The number of hydrogen-bond acceptors (Lipinski definition) is 4. The largest absolute Gasteiger partial charge is 0.364 e. The van der Waals surface area contributed by atoms with Crippen molar-refractivity contribution in [1.29, 1.82) is 0 Å². The number of hydrogen-bond donors (Lipinski definition) is 2. The lowest BCUT2D eigenvalue weighted by Crippen LogP contribution is -2.33. The molecule has 1 aromatic heterocycles. The van der Waals surface area contributed by atoms with Crippen LogP contribution in [0, 0.1) is 0 Å². The second kappa shape index (κ2) is 5.79. The van der Waals surface area contributed by atoms with Crippen LogP contribution in [0.1, 0.15) is 34.0 Å². The lowest BCUT2D eigenvalue weighted by Gasteiger charge is -2.12. The van der Waals surface area contributed by atoms with Crippen molar-refractivity contribution in [3.8, 4) is 0 Å². The summed E-state index contributed by atoms with van der Waals surface area (Å²) in [7, 11) is -2.55. The molecule has 2 aromatic rings. The molecular weight excluding hydrogens is 330 g/mol. The fraction of sp³-hybridized carbons (Fsp3) is 0.250. The third-order valence-electron chi connectivity index (χ3n) is 4.23. The number of fused-ring (bicyclic) bond motifs is 1. The molecule has 0 saturated carbocycles. The molecular formula is C16H17N3O4S. The number of nitrogens with one attached hydrogen (secondary N) is 1. The Hall–Kier alpha value is -2.61. The van der Waals surface area contributed by atoms with Crippen LogP contribution in [-0.4, -0.2) is 24.8 Å². The summed E-state index contributed by atoms with van der Waals surface area (Å²) < 4.78 is 28.2. The molecule has 2 amide bonds. The van der Waals surface area contributed by atoms with Crippen LogP contribution < -0.4 is 10.5 Å². The van der Waals surface area contributed by atoms with Crippen molar-refractivity contribution >= 4 is 21.8 Å². The Morgan fingerprint density at radius 2 is 2.00 bits per heavy atom. The number of aromatic nitrogens is 1. The molecule has 1 aliphatic rings. The van der Waals surface area contributed by atoms with Crippen molar-refractivity contribution in [3.63, 3.8) is 0 Å². The summed E-state index contributed by atoms with van der Waals surface area (Å²) in [5.41, 5.74) is 7.15. The van der Waals surface area contributed by atoms with Crippen molar-refractivity contribution in [2.24, 2.45) is 12.8 Å². The van der Waals surface area contributed by atoms with E-state index in [1.54, 1.807) is 0 Å². The zero-order valence-electron chi connectivity index (χ0n) is 13.0. The summed E-state index contributed by atoms with van der Waals surface area (Å²) in [6.07, 6.45) is 2.56. The highest BCUT2D eigenvalue weighted by Crippen LogP contribution is 2.33. The first-order valence-electron chi connectivity index (χ1n) is 7.40. The second-order valence-electron chi connectivity index (χ2n) is 5.80. The molecule has 0 fully saturated rings. The van der Waals surface area contributed by atoms with E-state index in [0.29, 0.717) is 6.42 Å². The van der Waals surface area contributed by atoms with E-state index in [4.69, 9.17) is 5.73 Å². The topological polar surface area (TPSA) is 111 Å². The second-order valence-corrected chi connectivity index (χ2v) is 7.48. The van der Waals surface area contributed by atoms with Crippen molar-refractivity contribution in [1.82, 2.24) is 9.29 Å². The molecule has 0 radical (unpaired) electrons. The Labute approximate surface area is 139 Å². The van der Waals surface area contributed by atoms with Crippen molar-refractivity contribution < 1.29 is 18.0 Å². The van der Waals surface area contributed by atoms with E-state index in [9.17, 15) is 18.0 Å². The van der Waals surface area contributed by atoms with Gasteiger partial charge in [-0.25, -0.2) is 13.1 Å². The van der Waals surface area contributed by atoms with Gasteiger partial charge in [-0.15, -0.1) is 0 Å². The van der Waals surface area contributed by atoms with Crippen LogP contribution in [0.3, 0.4) is 0 Å². The van der Waals surface area contributed by atoms with Gasteiger partial charge >= 0.3 is 0 Å². The van der Waals surface area contributed by atoms with Crippen LogP contribution in [0.15, 0.2) is 41.4 Å². The fourth-order valence-corrected chi connectivity index (χ4v) is 4.11. The number of rotatable bonds is 4. The van der Waals surface area contributed by atoms with Gasteiger partial charge in [0.1, 0.15) is 10.6 Å². The minimum absolute atomic E-state index is 0.0500. The summed E-state index contributed by atoms with van der Waals surface area (Å²) in [5, 5.41) is 0. The average molecular weight is 347 g/mol. The Kier molecular flexibility index (Phi) is 3.92. The minimum Gasteiger partial charge on any atom is -0.364 e. The molecule has 3 N–H and O–H groups in total. The van der Waals surface area contributed by atoms with Gasteiger partial charge in [0.2, 0.25) is 5.91 Å². The van der Waals surface area contributed by atoms with Gasteiger partial charge in [0.15, 0.2) is 0 Å². The highest BCUT2D eigenvalue weighted by Gasteiger charge is 2.31. The number of nitrogens with two attached hydrogens (primary N) is 1. The maximum absolute atomic E-state index is 12.4. The molecule has 0 bridgehead atoms. The van der Waals surface area contributed by atoms with Gasteiger partial charge in [-0.3, -0.25) is 9.59 Å². The molecule has 24 heavy (non-hydrogen) atoms. The van der Waals surface area contributed by atoms with Gasteiger partial charge in [0.25, 0.3) is 15.9 Å². The smallest absolute Gasteiger partial charge is 0.265 e. The van der Waals surface area contributed by atoms with Crippen LogP contribution in [-0.2, 0) is 28.3 Å². The van der Waals surface area contributed by atoms with E-state index >= 15 is 0 Å². The maximum atomic E-state index is 12.4. The zero-order valence-corrected chi connectivity index (χ0v) is 13.8. The number of carbonyl (C=O) groups excluding carboxylic acids is 2. The van der Waals surface area contributed by atoms with E-state index in [1.807, 2.05) is 24.3 Å². The molecule has 8 heteroatoms. The summed E-state index contributed by atoms with van der Waals surface area (Å²) in [4.78, 5) is 23.5. The maximum Gasteiger partial charge on any atom is 0.265 e. The predicted molar refractivity (Wildman–Crippen MR) is 86.8 cm³/mol. The number of benzene rings is 1. The van der Waals surface area contributed by atoms with Crippen LogP contribution >= 0.6 is 0 Å². The molecule has 1 aromatic carbocycles. The van der Waals surface area contributed by atoms with Crippen LogP contribution in [0.2, 0.25) is 0 Å². The Bertz CT molecular complexity index is 931. The quantitative estimate of drug-likeness (QED) is 0.846. The van der Waals surface area contributed by atoms with Crippen LogP contribution in [0.25, 0.3) is 0 Å². The van der Waals surface area contributed by atoms with Gasteiger partial charge in [-0.05, 0) is 30.0 Å². The number of sulfonamides is 1. The standard InChI is InChI=1S/C16H17N3O4S/c1-19-9-11(8-14(19)15(17)20)24(22,23)18-16(21)13-7-6-10-4-2-3-5-12(10)13/h2-5,8-9,13H,6-7H2,1H3,(H2,17,20)(H,18,21). The highest BCUT2D eigenvalue weighted by atomic mass is 32.2. The predicted octanol–water partition coefficient (Wildman–Crippen LogP) is 0.659. The van der Waals surface area contributed by atoms with Crippen LogP contribution in [0.4, 0.5) is 0 Å². The van der Waals surface area contributed by atoms with Gasteiger partial charge in [-0.2, -0.15) is 0 Å². The number of nitrogens with zero attached hydrogens (tertiary/aromatic N) is 1. The zero-order chi connectivity index (χ0) is 17.5. The summed E-state index contributed by atoms with van der Waals surface area (Å²) >= 11 is 0. The van der Waals surface area contributed by atoms with E-state index in [1.165, 1.54) is 17.8 Å². The van der Waals surface area contributed by atoms with Crippen LogP contribution in [0.5, 0.6) is 0 Å². The van der Waals surface area contributed by atoms with Gasteiger partial charge < -0.3 is 10.3 Å². The molecule has 0 saturated heterocycles. The van der Waals surface area contributed by atoms with E-state index in [-0.39, 0.29) is 10.6 Å². The normalized spacial score (nSPS) is 16.6. The van der Waals surface area contributed by atoms with Crippen molar-refractivity contribution in [3.05, 3.63) is 53.3 Å².